The molecule has 2 rings (SSSR count). The van der Waals surface area contributed by atoms with Gasteiger partial charge in [-0.15, -0.1) is 6.58 Å². The van der Waals surface area contributed by atoms with Crippen LogP contribution in [0.4, 0.5) is 0 Å². The summed E-state index contributed by atoms with van der Waals surface area (Å²) in [6.07, 6.45) is 13.7. The zero-order valence-electron chi connectivity index (χ0n) is 13.3. The van der Waals surface area contributed by atoms with Crippen LogP contribution in [0.1, 0.15) is 33.6 Å². The van der Waals surface area contributed by atoms with Crippen molar-refractivity contribution in [2.75, 3.05) is 0 Å². The molecule has 0 aromatic rings. The van der Waals surface area contributed by atoms with Gasteiger partial charge in [-0.1, -0.05) is 62.5 Å². The molecule has 0 heterocycles. The Bertz CT molecular complexity index is 606. The molecule has 0 spiro atoms. The molecule has 0 aromatic heterocycles. The Hall–Kier alpha value is -1.89. The van der Waals surface area contributed by atoms with Crippen molar-refractivity contribution in [3.05, 3.63) is 71.9 Å². The van der Waals surface area contributed by atoms with E-state index >= 15 is 0 Å². The van der Waals surface area contributed by atoms with Crippen LogP contribution in [0.5, 0.6) is 0 Å². The lowest BCUT2D eigenvalue weighted by Gasteiger charge is -2.44. The summed E-state index contributed by atoms with van der Waals surface area (Å²) in [5, 5.41) is 0. The first-order chi connectivity index (χ1) is 9.89. The van der Waals surface area contributed by atoms with Gasteiger partial charge in [0.2, 0.25) is 0 Å². The standard InChI is InChI=1S/C20H24O/c1-6-10-15(3)17-13-18(20(17,4)5)19(21)16-12-9-7-8-11-14(16)2/h6-8,11-13,17H,1,3,9-10H2,2,4-5H3. The molecule has 1 nitrogen and oxygen atoms in total. The first-order valence-corrected chi connectivity index (χ1v) is 7.49. The molecule has 21 heavy (non-hydrogen) atoms. The number of hydrogen-bond donors (Lipinski definition) is 0. The molecule has 1 atom stereocenters. The summed E-state index contributed by atoms with van der Waals surface area (Å²) >= 11 is 0. The second-order valence-corrected chi connectivity index (χ2v) is 6.39. The fourth-order valence-electron chi connectivity index (χ4n) is 3.11. The number of carbonyl (C=O) groups is 1. The summed E-state index contributed by atoms with van der Waals surface area (Å²) in [7, 11) is 0. The van der Waals surface area contributed by atoms with Crippen molar-refractivity contribution in [2.45, 2.75) is 33.6 Å². The summed E-state index contributed by atoms with van der Waals surface area (Å²) in [4.78, 5) is 12.8. The number of carbonyl (C=O) groups excluding carboxylic acids is 1. The molecule has 0 saturated carbocycles. The van der Waals surface area contributed by atoms with Gasteiger partial charge in [0.15, 0.2) is 5.78 Å². The predicted octanol–water partition coefficient (Wildman–Crippen LogP) is 5.10. The monoisotopic (exact) mass is 280 g/mol. The van der Waals surface area contributed by atoms with E-state index in [2.05, 4.69) is 39.2 Å². The highest BCUT2D eigenvalue weighted by atomic mass is 16.1. The molecule has 0 radical (unpaired) electrons. The minimum absolute atomic E-state index is 0.141. The topological polar surface area (TPSA) is 17.1 Å². The maximum atomic E-state index is 12.8. The van der Waals surface area contributed by atoms with Gasteiger partial charge >= 0.3 is 0 Å². The van der Waals surface area contributed by atoms with Gasteiger partial charge < -0.3 is 0 Å². The van der Waals surface area contributed by atoms with E-state index < -0.39 is 0 Å². The third-order valence-electron chi connectivity index (χ3n) is 4.51. The number of hydrogen-bond acceptors (Lipinski definition) is 1. The zero-order valence-corrected chi connectivity index (χ0v) is 13.3. The Morgan fingerprint density at radius 3 is 2.81 bits per heavy atom. The Balaban J connectivity index is 2.25. The van der Waals surface area contributed by atoms with Crippen molar-refractivity contribution in [1.29, 1.82) is 0 Å². The van der Waals surface area contributed by atoms with Gasteiger partial charge in [-0.2, -0.15) is 0 Å². The summed E-state index contributed by atoms with van der Waals surface area (Å²) in [6, 6.07) is 0. The lowest BCUT2D eigenvalue weighted by Crippen LogP contribution is -2.39. The number of Topliss-reactive ketones (excluding diaryl/α,β-unsaturated/α-hetero) is 1. The van der Waals surface area contributed by atoms with E-state index in [1.54, 1.807) is 0 Å². The van der Waals surface area contributed by atoms with Gasteiger partial charge in [0.05, 0.1) is 0 Å². The molecular formula is C20H24O. The lowest BCUT2D eigenvalue weighted by atomic mass is 9.58. The van der Waals surface area contributed by atoms with Gasteiger partial charge in [-0.05, 0) is 25.3 Å². The summed E-state index contributed by atoms with van der Waals surface area (Å²) < 4.78 is 0. The first kappa shape index (κ1) is 15.5. The molecule has 0 amide bonds. The van der Waals surface area contributed by atoms with Crippen LogP contribution in [-0.2, 0) is 4.79 Å². The van der Waals surface area contributed by atoms with Crippen molar-refractivity contribution in [3.63, 3.8) is 0 Å². The van der Waals surface area contributed by atoms with Crippen LogP contribution in [0.2, 0.25) is 0 Å². The van der Waals surface area contributed by atoms with Crippen molar-refractivity contribution in [1.82, 2.24) is 0 Å². The molecule has 110 valence electrons. The second-order valence-electron chi connectivity index (χ2n) is 6.39. The third-order valence-corrected chi connectivity index (χ3v) is 4.51. The van der Waals surface area contributed by atoms with E-state index in [1.807, 2.05) is 31.2 Å². The molecule has 2 aliphatic rings. The van der Waals surface area contributed by atoms with E-state index in [0.29, 0.717) is 0 Å². The molecular weight excluding hydrogens is 256 g/mol. The average molecular weight is 280 g/mol. The van der Waals surface area contributed by atoms with Crippen LogP contribution in [-0.4, -0.2) is 5.78 Å². The van der Waals surface area contributed by atoms with Crippen molar-refractivity contribution >= 4 is 5.78 Å². The SMILES string of the molecule is C=CCC(=C)C1C=C(C(=O)C2=CCC=CC=C2C)C1(C)C. The minimum Gasteiger partial charge on any atom is -0.289 e. The maximum absolute atomic E-state index is 12.8. The highest BCUT2D eigenvalue weighted by molar-refractivity contribution is 6.13. The van der Waals surface area contributed by atoms with Crippen LogP contribution in [0.25, 0.3) is 0 Å². The van der Waals surface area contributed by atoms with Crippen LogP contribution < -0.4 is 0 Å². The van der Waals surface area contributed by atoms with Crippen molar-refractivity contribution < 1.29 is 4.79 Å². The van der Waals surface area contributed by atoms with Gasteiger partial charge in [-0.25, -0.2) is 0 Å². The molecule has 0 fully saturated rings. The molecule has 0 bridgehead atoms. The molecule has 0 aromatic carbocycles. The minimum atomic E-state index is -0.141. The van der Waals surface area contributed by atoms with Crippen LogP contribution >= 0.6 is 0 Å². The molecule has 1 unspecified atom stereocenters. The van der Waals surface area contributed by atoms with E-state index in [9.17, 15) is 4.79 Å². The molecule has 1 heteroatoms. The molecule has 0 N–H and O–H groups in total. The van der Waals surface area contributed by atoms with Gasteiger partial charge in [0.25, 0.3) is 0 Å². The van der Waals surface area contributed by atoms with E-state index in [1.165, 1.54) is 0 Å². The Morgan fingerprint density at radius 1 is 1.48 bits per heavy atom. The van der Waals surface area contributed by atoms with Crippen LogP contribution in [0.3, 0.4) is 0 Å². The number of ketones is 1. The predicted molar refractivity (Wildman–Crippen MR) is 89.9 cm³/mol. The van der Waals surface area contributed by atoms with E-state index in [-0.39, 0.29) is 17.1 Å². The maximum Gasteiger partial charge on any atom is 0.189 e. The lowest BCUT2D eigenvalue weighted by molar-refractivity contribution is -0.113. The Kier molecular flexibility index (Phi) is 4.32. The third kappa shape index (κ3) is 2.78. The highest BCUT2D eigenvalue weighted by Gasteiger charge is 2.44. The fraction of sp³-hybridized carbons (Fsp3) is 0.350. The van der Waals surface area contributed by atoms with Gasteiger partial charge in [-0.3, -0.25) is 4.79 Å². The van der Waals surface area contributed by atoms with Crippen molar-refractivity contribution in [3.8, 4) is 0 Å². The Labute approximate surface area is 128 Å². The molecule has 0 aliphatic heterocycles. The smallest absolute Gasteiger partial charge is 0.189 e. The second kappa shape index (κ2) is 5.85. The summed E-state index contributed by atoms with van der Waals surface area (Å²) in [5.74, 6) is 0.434. The first-order valence-electron chi connectivity index (χ1n) is 7.49. The van der Waals surface area contributed by atoms with Crippen LogP contribution in [0, 0.1) is 11.3 Å². The average Bonchev–Trinajstić information content (AvgIpc) is 2.62. The number of rotatable bonds is 5. The van der Waals surface area contributed by atoms with Crippen LogP contribution in [0.15, 0.2) is 71.9 Å². The largest absolute Gasteiger partial charge is 0.289 e. The van der Waals surface area contributed by atoms with E-state index in [0.717, 1.165) is 35.1 Å². The van der Waals surface area contributed by atoms with Gasteiger partial charge in [0, 0.05) is 22.5 Å². The van der Waals surface area contributed by atoms with Gasteiger partial charge in [0.1, 0.15) is 0 Å². The quantitative estimate of drug-likeness (QED) is 0.640. The van der Waals surface area contributed by atoms with Crippen molar-refractivity contribution in [2.24, 2.45) is 11.3 Å². The molecule has 0 saturated heterocycles. The van der Waals surface area contributed by atoms with E-state index in [4.69, 9.17) is 0 Å². The summed E-state index contributed by atoms with van der Waals surface area (Å²) in [6.45, 7) is 14.2. The molecule has 2 aliphatic carbocycles. The number of allylic oxidation sites excluding steroid dienone is 10. The fourth-order valence-corrected chi connectivity index (χ4v) is 3.11. The summed E-state index contributed by atoms with van der Waals surface area (Å²) in [5.41, 5.74) is 3.79. The normalized spacial score (nSPS) is 23.2. The Morgan fingerprint density at radius 2 is 2.19 bits per heavy atom. The zero-order chi connectivity index (χ0) is 15.6. The highest BCUT2D eigenvalue weighted by Crippen LogP contribution is 2.50.